The molecule has 178 valence electrons. The largest absolute Gasteiger partial charge is 0.459 e. The average molecular weight is 488 g/mol. The molecular weight excluding hydrogens is 462 g/mol. The topological polar surface area (TPSA) is 81.0 Å². The number of carbonyl (C=O) groups is 2. The molecule has 1 saturated heterocycles. The normalized spacial score (nSPS) is 18.1. The maximum absolute atomic E-state index is 13.4. The second-order valence-corrected chi connectivity index (χ2v) is 9.76. The van der Waals surface area contributed by atoms with Gasteiger partial charge in [-0.15, -0.1) is 11.3 Å². The van der Waals surface area contributed by atoms with Gasteiger partial charge in [-0.25, -0.2) is 4.98 Å². The second-order valence-electron chi connectivity index (χ2n) is 8.78. The van der Waals surface area contributed by atoms with Gasteiger partial charge in [-0.3, -0.25) is 18.8 Å². The standard InChI is InChI=1S/C27H25N3O4S/c1-17-7-9-20(10-8-17)30-23(31)12-11-21(25(30)22-6-4-14-35-22)27(33)34-16-19-15-24(32)29-13-3-5-18(2)26(29)28-19/h3-10,13-15,21,25H,11-12,16H2,1-2H3. The minimum absolute atomic E-state index is 0.0176. The molecule has 0 radical (unpaired) electrons. The molecule has 0 aliphatic carbocycles. The Labute approximate surface area is 206 Å². The van der Waals surface area contributed by atoms with Crippen LogP contribution in [-0.2, 0) is 20.9 Å². The Kier molecular flexibility index (Phi) is 6.21. The molecule has 1 aromatic carbocycles. The molecule has 0 N–H and O–H groups in total. The van der Waals surface area contributed by atoms with Gasteiger partial charge in [0.2, 0.25) is 5.91 Å². The Morgan fingerprint density at radius 1 is 1.11 bits per heavy atom. The van der Waals surface area contributed by atoms with E-state index in [0.29, 0.717) is 17.8 Å². The third kappa shape index (κ3) is 4.49. The number of hydrogen-bond acceptors (Lipinski definition) is 6. The molecule has 5 rings (SSSR count). The molecular formula is C27H25N3O4S. The lowest BCUT2D eigenvalue weighted by Crippen LogP contribution is -2.45. The Bertz CT molecular complexity index is 1440. The zero-order valence-electron chi connectivity index (χ0n) is 19.5. The molecule has 3 aromatic heterocycles. The van der Waals surface area contributed by atoms with Crippen LogP contribution in [0.4, 0.5) is 5.69 Å². The van der Waals surface area contributed by atoms with Crippen LogP contribution in [0.5, 0.6) is 0 Å². The molecule has 7 nitrogen and oxygen atoms in total. The number of ether oxygens (including phenoxy) is 1. The van der Waals surface area contributed by atoms with E-state index < -0.39 is 17.9 Å². The Balaban J connectivity index is 1.43. The first-order chi connectivity index (χ1) is 16.9. The number of nitrogens with zero attached hydrogens (tertiary/aromatic N) is 3. The molecule has 2 atom stereocenters. The first kappa shape index (κ1) is 23.0. The third-order valence-electron chi connectivity index (χ3n) is 6.35. The molecule has 0 spiro atoms. The number of fused-ring (bicyclic) bond motifs is 1. The highest BCUT2D eigenvalue weighted by Crippen LogP contribution is 2.42. The SMILES string of the molecule is Cc1ccc(N2C(=O)CCC(C(=O)OCc3cc(=O)n4cccc(C)c4n3)C2c2cccs2)cc1. The minimum Gasteiger partial charge on any atom is -0.459 e. The fourth-order valence-electron chi connectivity index (χ4n) is 4.57. The van der Waals surface area contributed by atoms with Crippen LogP contribution in [0.2, 0.25) is 0 Å². The van der Waals surface area contributed by atoms with Gasteiger partial charge in [0.25, 0.3) is 5.56 Å². The van der Waals surface area contributed by atoms with Crippen LogP contribution in [0, 0.1) is 19.8 Å². The molecule has 1 aliphatic rings. The van der Waals surface area contributed by atoms with Gasteiger partial charge in [-0.05, 0) is 55.5 Å². The molecule has 1 aliphatic heterocycles. The Morgan fingerprint density at radius 3 is 2.66 bits per heavy atom. The van der Waals surface area contributed by atoms with E-state index in [4.69, 9.17) is 4.74 Å². The summed E-state index contributed by atoms with van der Waals surface area (Å²) in [6.07, 6.45) is 2.32. The fraction of sp³-hybridized carbons (Fsp3) is 0.259. The van der Waals surface area contributed by atoms with Crippen molar-refractivity contribution in [1.29, 1.82) is 0 Å². The molecule has 0 bridgehead atoms. The number of rotatable bonds is 5. The van der Waals surface area contributed by atoms with E-state index in [1.807, 2.05) is 61.7 Å². The lowest BCUT2D eigenvalue weighted by molar-refractivity contribution is -0.152. The average Bonchev–Trinajstić information content (AvgIpc) is 3.38. The van der Waals surface area contributed by atoms with Crippen LogP contribution in [0.15, 0.2) is 71.0 Å². The summed E-state index contributed by atoms with van der Waals surface area (Å²) in [5.41, 5.74) is 3.42. The van der Waals surface area contributed by atoms with Gasteiger partial charge in [0.05, 0.1) is 17.7 Å². The summed E-state index contributed by atoms with van der Waals surface area (Å²) in [6.45, 7) is 3.76. The molecule has 2 unspecified atom stereocenters. The number of pyridine rings is 1. The summed E-state index contributed by atoms with van der Waals surface area (Å²) in [7, 11) is 0. The summed E-state index contributed by atoms with van der Waals surface area (Å²) in [4.78, 5) is 46.1. The molecule has 8 heteroatoms. The van der Waals surface area contributed by atoms with Crippen molar-refractivity contribution in [2.24, 2.45) is 5.92 Å². The van der Waals surface area contributed by atoms with Gasteiger partial charge in [0.15, 0.2) is 0 Å². The third-order valence-corrected chi connectivity index (χ3v) is 7.29. The van der Waals surface area contributed by atoms with E-state index in [1.165, 1.54) is 21.8 Å². The summed E-state index contributed by atoms with van der Waals surface area (Å²) >= 11 is 1.52. The van der Waals surface area contributed by atoms with E-state index >= 15 is 0 Å². The summed E-state index contributed by atoms with van der Waals surface area (Å²) < 4.78 is 7.17. The van der Waals surface area contributed by atoms with E-state index in [1.54, 1.807) is 17.2 Å². The lowest BCUT2D eigenvalue weighted by atomic mass is 9.87. The van der Waals surface area contributed by atoms with E-state index in [9.17, 15) is 14.4 Å². The highest BCUT2D eigenvalue weighted by atomic mass is 32.1. The van der Waals surface area contributed by atoms with E-state index in [-0.39, 0.29) is 24.5 Å². The van der Waals surface area contributed by atoms with Crippen LogP contribution in [0.25, 0.3) is 5.65 Å². The van der Waals surface area contributed by atoms with Crippen LogP contribution in [-0.4, -0.2) is 21.3 Å². The molecule has 4 heterocycles. The zero-order chi connectivity index (χ0) is 24.5. The van der Waals surface area contributed by atoms with Gasteiger partial charge in [0, 0.05) is 29.2 Å². The highest BCUT2D eigenvalue weighted by Gasteiger charge is 2.42. The minimum atomic E-state index is -0.532. The van der Waals surface area contributed by atoms with Gasteiger partial charge < -0.3 is 9.64 Å². The number of anilines is 1. The van der Waals surface area contributed by atoms with Gasteiger partial charge in [-0.1, -0.05) is 29.8 Å². The number of carbonyl (C=O) groups excluding carboxylic acids is 2. The molecule has 4 aromatic rings. The smallest absolute Gasteiger partial charge is 0.311 e. The van der Waals surface area contributed by atoms with Gasteiger partial charge in [0.1, 0.15) is 12.3 Å². The number of thiophene rings is 1. The highest BCUT2D eigenvalue weighted by molar-refractivity contribution is 7.10. The molecule has 1 amide bonds. The van der Waals surface area contributed by atoms with E-state index in [2.05, 4.69) is 4.98 Å². The number of aryl methyl sites for hydroxylation is 2. The Morgan fingerprint density at radius 2 is 1.91 bits per heavy atom. The lowest BCUT2D eigenvalue weighted by Gasteiger charge is -2.39. The Hall–Kier alpha value is -3.78. The number of esters is 1. The van der Waals surface area contributed by atoms with Crippen molar-refractivity contribution in [1.82, 2.24) is 9.38 Å². The van der Waals surface area contributed by atoms with Crippen molar-refractivity contribution in [2.45, 2.75) is 39.3 Å². The summed E-state index contributed by atoms with van der Waals surface area (Å²) in [6, 6.07) is 16.2. The van der Waals surface area contributed by atoms with E-state index in [0.717, 1.165) is 21.7 Å². The summed E-state index contributed by atoms with van der Waals surface area (Å²) in [5.74, 6) is -0.952. The molecule has 35 heavy (non-hydrogen) atoms. The maximum atomic E-state index is 13.4. The number of amides is 1. The second kappa shape index (κ2) is 9.46. The monoisotopic (exact) mass is 487 g/mol. The predicted molar refractivity (Wildman–Crippen MR) is 134 cm³/mol. The maximum Gasteiger partial charge on any atom is 0.311 e. The quantitative estimate of drug-likeness (QED) is 0.384. The van der Waals surface area contributed by atoms with Crippen molar-refractivity contribution >= 4 is 34.5 Å². The first-order valence-corrected chi connectivity index (χ1v) is 12.4. The van der Waals surface area contributed by atoms with Gasteiger partial charge >= 0.3 is 5.97 Å². The van der Waals surface area contributed by atoms with Crippen molar-refractivity contribution in [3.63, 3.8) is 0 Å². The molecule has 1 fully saturated rings. The van der Waals surface area contributed by atoms with Crippen LogP contribution >= 0.6 is 11.3 Å². The van der Waals surface area contributed by atoms with Crippen molar-refractivity contribution < 1.29 is 14.3 Å². The van der Waals surface area contributed by atoms with Crippen LogP contribution in [0.1, 0.15) is 40.6 Å². The number of aromatic nitrogens is 2. The number of benzene rings is 1. The fourth-order valence-corrected chi connectivity index (χ4v) is 5.45. The summed E-state index contributed by atoms with van der Waals surface area (Å²) in [5, 5.41) is 1.94. The number of hydrogen-bond donors (Lipinski definition) is 0. The van der Waals surface area contributed by atoms with Crippen LogP contribution in [0.3, 0.4) is 0 Å². The van der Waals surface area contributed by atoms with Gasteiger partial charge in [-0.2, -0.15) is 0 Å². The van der Waals surface area contributed by atoms with Crippen molar-refractivity contribution in [3.05, 3.63) is 98.2 Å². The predicted octanol–water partition coefficient (Wildman–Crippen LogP) is 4.60. The zero-order valence-corrected chi connectivity index (χ0v) is 20.3. The van der Waals surface area contributed by atoms with Crippen LogP contribution < -0.4 is 10.5 Å². The van der Waals surface area contributed by atoms with Crippen molar-refractivity contribution in [2.75, 3.05) is 4.90 Å². The first-order valence-electron chi connectivity index (χ1n) is 11.5. The van der Waals surface area contributed by atoms with Crippen molar-refractivity contribution in [3.8, 4) is 0 Å². The molecule has 0 saturated carbocycles. The number of piperidine rings is 1.